The summed E-state index contributed by atoms with van der Waals surface area (Å²) in [5, 5.41) is 8.71. The monoisotopic (exact) mass is 407 g/mol. The van der Waals surface area contributed by atoms with Crippen LogP contribution in [0.1, 0.15) is 39.5 Å². The van der Waals surface area contributed by atoms with Gasteiger partial charge in [0.25, 0.3) is 0 Å². The van der Waals surface area contributed by atoms with E-state index in [0.29, 0.717) is 18.4 Å². The van der Waals surface area contributed by atoms with Crippen LogP contribution in [0.25, 0.3) is 11.1 Å². The summed E-state index contributed by atoms with van der Waals surface area (Å²) in [5.74, 6) is -4.52. The minimum atomic E-state index is -1.16. The van der Waals surface area contributed by atoms with Gasteiger partial charge in [-0.25, -0.2) is 18.0 Å². The van der Waals surface area contributed by atoms with Crippen molar-refractivity contribution in [2.24, 2.45) is 0 Å². The average molecular weight is 407 g/mol. The summed E-state index contributed by atoms with van der Waals surface area (Å²) in [5.41, 5.74) is 3.33. The third kappa shape index (κ3) is 3.33. The zero-order valence-electron chi connectivity index (χ0n) is 16.1. The Kier molecular flexibility index (Phi) is 5.04. The van der Waals surface area contributed by atoms with Gasteiger partial charge in [0.1, 0.15) is 34.8 Å². The number of esters is 1. The van der Waals surface area contributed by atoms with Gasteiger partial charge < -0.3 is 4.74 Å². The number of carbonyl (C=O) groups excluding carboxylic acids is 1. The molecule has 0 spiro atoms. The standard InChI is InChI=1S/C24H16F3NO2/c1-2-13-3-5-16-14(9-13)4-6-18-17(16)7-8-19(23(18)27)24(29)30-15-10-21(25)20(12-28)22(26)11-15/h3,5,7-11H,2,4,6H2,1H3. The molecular weight excluding hydrogens is 391 g/mol. The molecule has 4 rings (SSSR count). The first kappa shape index (κ1) is 19.7. The number of halogens is 3. The molecule has 3 aromatic rings. The van der Waals surface area contributed by atoms with Crippen molar-refractivity contribution in [3.8, 4) is 22.9 Å². The number of nitrogens with zero attached hydrogens (tertiary/aromatic N) is 1. The maximum atomic E-state index is 15.1. The number of aryl methyl sites for hydroxylation is 2. The molecule has 3 aromatic carbocycles. The van der Waals surface area contributed by atoms with Crippen LogP contribution in [-0.2, 0) is 19.3 Å². The fourth-order valence-electron chi connectivity index (χ4n) is 3.75. The highest BCUT2D eigenvalue weighted by Gasteiger charge is 2.25. The molecule has 0 radical (unpaired) electrons. The molecule has 3 nitrogen and oxygen atoms in total. The fraction of sp³-hybridized carbons (Fsp3) is 0.167. The molecule has 1 aliphatic rings. The first-order valence-electron chi connectivity index (χ1n) is 9.47. The number of rotatable bonds is 3. The minimum Gasteiger partial charge on any atom is -0.423 e. The Morgan fingerprint density at radius 3 is 2.40 bits per heavy atom. The van der Waals surface area contributed by atoms with Gasteiger partial charge in [-0.05, 0) is 53.1 Å². The summed E-state index contributed by atoms with van der Waals surface area (Å²) < 4.78 is 47.6. The van der Waals surface area contributed by atoms with Crippen molar-refractivity contribution in [3.63, 3.8) is 0 Å². The second kappa shape index (κ2) is 7.68. The first-order valence-corrected chi connectivity index (χ1v) is 9.47. The van der Waals surface area contributed by atoms with Gasteiger partial charge in [-0.2, -0.15) is 5.26 Å². The molecule has 150 valence electrons. The zero-order valence-corrected chi connectivity index (χ0v) is 16.1. The number of fused-ring (bicyclic) bond motifs is 3. The highest BCUT2D eigenvalue weighted by atomic mass is 19.1. The van der Waals surface area contributed by atoms with E-state index in [2.05, 4.69) is 13.0 Å². The third-order valence-corrected chi connectivity index (χ3v) is 5.31. The second-order valence-corrected chi connectivity index (χ2v) is 7.06. The Bertz CT molecular complexity index is 1200. The molecule has 0 fully saturated rings. The zero-order chi connectivity index (χ0) is 21.4. The Hall–Kier alpha value is -3.59. The normalized spacial score (nSPS) is 12.0. The van der Waals surface area contributed by atoms with Crippen molar-refractivity contribution in [3.05, 3.63) is 87.7 Å². The molecule has 0 saturated heterocycles. The lowest BCUT2D eigenvalue weighted by Gasteiger charge is -2.22. The van der Waals surface area contributed by atoms with E-state index in [4.69, 9.17) is 10.00 Å². The van der Waals surface area contributed by atoms with Crippen molar-refractivity contribution in [2.45, 2.75) is 26.2 Å². The molecule has 0 aliphatic heterocycles. The first-order chi connectivity index (χ1) is 14.4. The van der Waals surface area contributed by atoms with Crippen molar-refractivity contribution >= 4 is 5.97 Å². The van der Waals surface area contributed by atoms with Crippen LogP contribution in [0.5, 0.6) is 5.75 Å². The van der Waals surface area contributed by atoms with Crippen molar-refractivity contribution < 1.29 is 22.7 Å². The van der Waals surface area contributed by atoms with Crippen molar-refractivity contribution in [1.82, 2.24) is 0 Å². The smallest absolute Gasteiger partial charge is 0.346 e. The van der Waals surface area contributed by atoms with Crippen molar-refractivity contribution in [1.29, 1.82) is 5.26 Å². The van der Waals surface area contributed by atoms with E-state index in [1.54, 1.807) is 6.07 Å². The van der Waals surface area contributed by atoms with Gasteiger partial charge in [-0.3, -0.25) is 0 Å². The van der Waals surface area contributed by atoms with Crippen LogP contribution >= 0.6 is 0 Å². The molecule has 0 aromatic heterocycles. The number of carbonyl (C=O) groups is 1. The molecular formula is C24H16F3NO2. The predicted molar refractivity (Wildman–Crippen MR) is 105 cm³/mol. The molecule has 0 amide bonds. The maximum Gasteiger partial charge on any atom is 0.346 e. The van der Waals surface area contributed by atoms with Crippen LogP contribution in [-0.4, -0.2) is 5.97 Å². The van der Waals surface area contributed by atoms with E-state index >= 15 is 4.39 Å². The van der Waals surface area contributed by atoms with Gasteiger partial charge in [-0.15, -0.1) is 0 Å². The van der Waals surface area contributed by atoms with Crippen LogP contribution in [0.2, 0.25) is 0 Å². The lowest BCUT2D eigenvalue weighted by atomic mass is 9.83. The number of hydrogen-bond donors (Lipinski definition) is 0. The van der Waals surface area contributed by atoms with E-state index in [0.717, 1.165) is 35.2 Å². The fourth-order valence-corrected chi connectivity index (χ4v) is 3.75. The summed E-state index contributed by atoms with van der Waals surface area (Å²) in [6.45, 7) is 2.07. The van der Waals surface area contributed by atoms with Gasteiger partial charge in [0.2, 0.25) is 0 Å². The van der Waals surface area contributed by atoms with Gasteiger partial charge in [0.05, 0.1) is 5.56 Å². The average Bonchev–Trinajstić information content (AvgIpc) is 2.73. The molecule has 0 heterocycles. The summed E-state index contributed by atoms with van der Waals surface area (Å²) in [4.78, 5) is 12.5. The second-order valence-electron chi connectivity index (χ2n) is 7.06. The molecule has 0 bridgehead atoms. The van der Waals surface area contributed by atoms with E-state index in [1.807, 2.05) is 12.1 Å². The maximum absolute atomic E-state index is 15.1. The minimum absolute atomic E-state index is 0.312. The number of benzene rings is 3. The van der Waals surface area contributed by atoms with E-state index in [-0.39, 0.29) is 5.56 Å². The highest BCUT2D eigenvalue weighted by molar-refractivity contribution is 5.93. The van der Waals surface area contributed by atoms with E-state index in [1.165, 1.54) is 17.7 Å². The summed E-state index contributed by atoms with van der Waals surface area (Å²) in [6.07, 6.45) is 2.00. The number of nitriles is 1. The molecule has 0 saturated carbocycles. The van der Waals surface area contributed by atoms with Gasteiger partial charge in [-0.1, -0.05) is 31.2 Å². The molecule has 1 aliphatic carbocycles. The van der Waals surface area contributed by atoms with E-state index in [9.17, 15) is 13.6 Å². The van der Waals surface area contributed by atoms with E-state index < -0.39 is 34.7 Å². The summed E-state index contributed by atoms with van der Waals surface area (Å²) in [7, 11) is 0. The quantitative estimate of drug-likeness (QED) is 0.424. The Labute approximate surface area is 171 Å². The lowest BCUT2D eigenvalue weighted by molar-refractivity contribution is 0.0729. The topological polar surface area (TPSA) is 50.1 Å². The van der Waals surface area contributed by atoms with Crippen LogP contribution in [0.4, 0.5) is 13.2 Å². The molecule has 0 unspecified atom stereocenters. The summed E-state index contributed by atoms with van der Waals surface area (Å²) in [6, 6.07) is 11.9. The van der Waals surface area contributed by atoms with Crippen LogP contribution in [0.3, 0.4) is 0 Å². The van der Waals surface area contributed by atoms with Crippen LogP contribution in [0.15, 0.2) is 42.5 Å². The Balaban J connectivity index is 1.67. The third-order valence-electron chi connectivity index (χ3n) is 5.31. The lowest BCUT2D eigenvalue weighted by Crippen LogP contribution is -2.15. The van der Waals surface area contributed by atoms with Gasteiger partial charge in [0.15, 0.2) is 0 Å². The van der Waals surface area contributed by atoms with Gasteiger partial charge >= 0.3 is 5.97 Å². The highest BCUT2D eigenvalue weighted by Crippen LogP contribution is 2.36. The summed E-state index contributed by atoms with van der Waals surface area (Å²) >= 11 is 0. The Morgan fingerprint density at radius 1 is 1.03 bits per heavy atom. The molecule has 0 atom stereocenters. The molecule has 0 N–H and O–H groups in total. The van der Waals surface area contributed by atoms with Crippen LogP contribution < -0.4 is 4.74 Å². The number of ether oxygens (including phenoxy) is 1. The SMILES string of the molecule is CCc1ccc2c(c1)CCc1c-2ccc(C(=O)Oc2cc(F)c(C#N)c(F)c2)c1F. The van der Waals surface area contributed by atoms with Crippen molar-refractivity contribution in [2.75, 3.05) is 0 Å². The Morgan fingerprint density at radius 2 is 1.73 bits per heavy atom. The largest absolute Gasteiger partial charge is 0.423 e. The molecule has 6 heteroatoms. The predicted octanol–water partition coefficient (Wildman–Crippen LogP) is 5.52. The number of hydrogen-bond acceptors (Lipinski definition) is 3. The van der Waals surface area contributed by atoms with Gasteiger partial charge in [0, 0.05) is 12.1 Å². The van der Waals surface area contributed by atoms with Crippen LogP contribution in [0, 0.1) is 28.8 Å². The molecule has 30 heavy (non-hydrogen) atoms.